The molecule has 59 heavy (non-hydrogen) atoms. The van der Waals surface area contributed by atoms with Gasteiger partial charge in [-0.1, -0.05) is 128 Å². The molecule has 7 aromatic rings. The first-order valence-corrected chi connectivity index (χ1v) is 22.1. The third kappa shape index (κ3) is 6.58. The van der Waals surface area contributed by atoms with Gasteiger partial charge in [0.2, 0.25) is 0 Å². The predicted octanol–water partition coefficient (Wildman–Crippen LogP) is 16.5. The molecule has 294 valence electrons. The zero-order chi connectivity index (χ0) is 40.2. The molecule has 0 amide bonds. The van der Waals surface area contributed by atoms with Gasteiger partial charge in [-0.3, -0.25) is 0 Å². The van der Waals surface area contributed by atoms with Crippen LogP contribution in [-0.2, 0) is 0 Å². The summed E-state index contributed by atoms with van der Waals surface area (Å²) in [6.45, 7) is 11.5. The number of allylic oxidation sites excluding steroid dienone is 8. The summed E-state index contributed by atoms with van der Waals surface area (Å²) in [4.78, 5) is 5.14. The molecule has 0 N–H and O–H groups in total. The van der Waals surface area contributed by atoms with Gasteiger partial charge in [-0.05, 0) is 164 Å². The topological polar surface area (TPSA) is 6.48 Å². The fourth-order valence-corrected chi connectivity index (χ4v) is 10.8. The van der Waals surface area contributed by atoms with Crippen molar-refractivity contribution in [1.82, 2.24) is 0 Å². The summed E-state index contributed by atoms with van der Waals surface area (Å²) < 4.78 is 0. The van der Waals surface area contributed by atoms with Crippen LogP contribution in [0.5, 0.6) is 0 Å². The SMILES string of the molecule is Cc1cccc(C)c1N(C1=CC=C(C2C=CCCC2)C(C)C1)c1ccc2ccc3c(N(c4ccc(C5C=CCCC5)cc4)c4c(C)cccc4C)ccc4ccc1c2c43. The standard InChI is InChI=1S/C57H56N2/c1-37-14-12-15-38(2)56(37)58(47-28-22-43(23-29-47)42-18-8-6-9-19-42)52-34-26-45-25-32-51-53(35-27-46-24-31-50(52)54(45)55(46)51)59(57-39(3)16-13-17-40(57)4)48-30-33-49(41(5)36-48)44-20-10-7-11-21-44/h8,10,12-18,20,22-35,41-42,44H,6-7,9,11,19,21,36H2,1-5H3. The number of aryl methyl sites for hydroxylation is 4. The van der Waals surface area contributed by atoms with Gasteiger partial charge in [-0.25, -0.2) is 0 Å². The molecule has 2 heteroatoms. The first-order chi connectivity index (χ1) is 28.9. The van der Waals surface area contributed by atoms with Crippen LogP contribution in [-0.4, -0.2) is 0 Å². The van der Waals surface area contributed by atoms with E-state index in [2.05, 4.69) is 190 Å². The molecular formula is C57H56N2. The summed E-state index contributed by atoms with van der Waals surface area (Å²) in [5, 5.41) is 7.79. The lowest BCUT2D eigenvalue weighted by Crippen LogP contribution is -2.24. The van der Waals surface area contributed by atoms with Crippen LogP contribution >= 0.6 is 0 Å². The third-order valence-corrected chi connectivity index (χ3v) is 13.8. The van der Waals surface area contributed by atoms with Gasteiger partial charge in [0.1, 0.15) is 0 Å². The minimum Gasteiger partial charge on any atom is -0.313 e. The molecule has 3 aliphatic rings. The highest BCUT2D eigenvalue weighted by Crippen LogP contribution is 2.49. The van der Waals surface area contributed by atoms with E-state index in [-0.39, 0.29) is 0 Å². The van der Waals surface area contributed by atoms with Gasteiger partial charge in [-0.2, -0.15) is 0 Å². The maximum Gasteiger partial charge on any atom is 0.0540 e. The van der Waals surface area contributed by atoms with E-state index in [1.54, 1.807) is 5.57 Å². The molecule has 0 radical (unpaired) electrons. The fourth-order valence-electron chi connectivity index (χ4n) is 10.8. The van der Waals surface area contributed by atoms with E-state index in [1.165, 1.54) is 133 Å². The van der Waals surface area contributed by atoms with E-state index in [4.69, 9.17) is 0 Å². The van der Waals surface area contributed by atoms with E-state index in [0.717, 1.165) is 6.42 Å². The monoisotopic (exact) mass is 768 g/mol. The molecule has 3 atom stereocenters. The Kier molecular flexibility index (Phi) is 9.76. The smallest absolute Gasteiger partial charge is 0.0540 e. The maximum absolute atomic E-state index is 2.62. The van der Waals surface area contributed by atoms with E-state index in [1.807, 2.05) is 0 Å². The Balaban J connectivity index is 1.17. The quantitative estimate of drug-likeness (QED) is 0.112. The Morgan fingerprint density at radius 3 is 1.54 bits per heavy atom. The van der Waals surface area contributed by atoms with Gasteiger partial charge in [0, 0.05) is 28.1 Å². The van der Waals surface area contributed by atoms with Crippen LogP contribution in [0.4, 0.5) is 28.4 Å². The van der Waals surface area contributed by atoms with Crippen molar-refractivity contribution in [2.45, 2.75) is 85.5 Å². The zero-order valence-electron chi connectivity index (χ0n) is 35.4. The maximum atomic E-state index is 2.62. The highest BCUT2D eigenvalue weighted by atomic mass is 15.2. The van der Waals surface area contributed by atoms with Crippen LogP contribution in [0, 0.1) is 39.5 Å². The zero-order valence-corrected chi connectivity index (χ0v) is 35.4. The molecule has 0 fully saturated rings. The number of para-hydroxylation sites is 2. The van der Waals surface area contributed by atoms with Crippen molar-refractivity contribution in [2.75, 3.05) is 9.80 Å². The summed E-state index contributed by atoms with van der Waals surface area (Å²) in [6, 6.07) is 41.8. The molecule has 2 nitrogen and oxygen atoms in total. The van der Waals surface area contributed by atoms with Crippen LogP contribution in [0.1, 0.15) is 85.6 Å². The Hall–Kier alpha value is -5.86. The number of anilines is 5. The molecule has 10 rings (SSSR count). The molecule has 7 aromatic carbocycles. The van der Waals surface area contributed by atoms with Gasteiger partial charge in [-0.15, -0.1) is 0 Å². The number of hydrogen-bond acceptors (Lipinski definition) is 2. The van der Waals surface area contributed by atoms with Crippen LogP contribution < -0.4 is 9.80 Å². The van der Waals surface area contributed by atoms with Crippen LogP contribution in [0.2, 0.25) is 0 Å². The molecule has 0 spiro atoms. The largest absolute Gasteiger partial charge is 0.313 e. The number of hydrogen-bond donors (Lipinski definition) is 0. The molecule has 0 aliphatic heterocycles. The summed E-state index contributed by atoms with van der Waals surface area (Å²) in [5.41, 5.74) is 15.7. The third-order valence-electron chi connectivity index (χ3n) is 13.8. The summed E-state index contributed by atoms with van der Waals surface area (Å²) in [5.74, 6) is 1.53. The average molecular weight is 769 g/mol. The summed E-state index contributed by atoms with van der Waals surface area (Å²) in [7, 11) is 0. The molecule has 0 saturated carbocycles. The average Bonchev–Trinajstić information content (AvgIpc) is 3.26. The van der Waals surface area contributed by atoms with E-state index in [0.29, 0.717) is 17.8 Å². The summed E-state index contributed by atoms with van der Waals surface area (Å²) in [6.07, 6.45) is 23.0. The number of nitrogens with zero attached hydrogens (tertiary/aromatic N) is 2. The van der Waals surface area contributed by atoms with Gasteiger partial charge < -0.3 is 9.80 Å². The van der Waals surface area contributed by atoms with Gasteiger partial charge >= 0.3 is 0 Å². The second-order valence-electron chi connectivity index (χ2n) is 17.7. The van der Waals surface area contributed by atoms with Crippen molar-refractivity contribution < 1.29 is 0 Å². The summed E-state index contributed by atoms with van der Waals surface area (Å²) >= 11 is 0. The number of rotatable bonds is 8. The predicted molar refractivity (Wildman–Crippen MR) is 255 cm³/mol. The molecule has 3 unspecified atom stereocenters. The van der Waals surface area contributed by atoms with Gasteiger partial charge in [0.05, 0.1) is 22.7 Å². The van der Waals surface area contributed by atoms with E-state index >= 15 is 0 Å². The lowest BCUT2D eigenvalue weighted by atomic mass is 9.78. The van der Waals surface area contributed by atoms with E-state index < -0.39 is 0 Å². The van der Waals surface area contributed by atoms with Gasteiger partial charge in [0.15, 0.2) is 0 Å². The lowest BCUT2D eigenvalue weighted by Gasteiger charge is -2.36. The minimum atomic E-state index is 0.473. The first-order valence-electron chi connectivity index (χ1n) is 22.1. The second-order valence-corrected chi connectivity index (χ2v) is 17.7. The lowest BCUT2D eigenvalue weighted by molar-refractivity contribution is 0.520. The molecule has 3 aliphatic carbocycles. The number of benzene rings is 7. The van der Waals surface area contributed by atoms with Crippen LogP contribution in [0.3, 0.4) is 0 Å². The normalized spacial score (nSPS) is 19.4. The van der Waals surface area contributed by atoms with Gasteiger partial charge in [0.25, 0.3) is 0 Å². The van der Waals surface area contributed by atoms with Crippen molar-refractivity contribution in [3.8, 4) is 0 Å². The Morgan fingerprint density at radius 1 is 0.508 bits per heavy atom. The highest BCUT2D eigenvalue weighted by Gasteiger charge is 2.29. The molecule has 0 aromatic heterocycles. The van der Waals surface area contributed by atoms with Crippen molar-refractivity contribution >= 4 is 60.8 Å². The highest BCUT2D eigenvalue weighted by molar-refractivity contribution is 6.28. The van der Waals surface area contributed by atoms with Crippen molar-refractivity contribution in [1.29, 1.82) is 0 Å². The second kappa shape index (κ2) is 15.4. The van der Waals surface area contributed by atoms with Crippen molar-refractivity contribution in [3.63, 3.8) is 0 Å². The van der Waals surface area contributed by atoms with Crippen molar-refractivity contribution in [2.24, 2.45) is 11.8 Å². The van der Waals surface area contributed by atoms with Crippen molar-refractivity contribution in [3.05, 3.63) is 185 Å². The minimum absolute atomic E-state index is 0.473. The first kappa shape index (κ1) is 37.4. The van der Waals surface area contributed by atoms with E-state index in [9.17, 15) is 0 Å². The Labute approximate surface area is 351 Å². The van der Waals surface area contributed by atoms with Crippen LogP contribution in [0.15, 0.2) is 157 Å². The molecule has 0 bridgehead atoms. The Morgan fingerprint density at radius 2 is 1.02 bits per heavy atom. The molecule has 0 heterocycles. The fraction of sp³-hybridized carbons (Fsp3) is 0.263. The van der Waals surface area contributed by atoms with Crippen LogP contribution in [0.25, 0.3) is 32.3 Å². The molecule has 0 saturated heterocycles. The Bertz CT molecular complexity index is 2790. The molecular weight excluding hydrogens is 713 g/mol.